The molecule has 0 bridgehead atoms. The zero-order chi connectivity index (χ0) is 35.8. The van der Waals surface area contributed by atoms with Crippen LogP contribution in [0.5, 0.6) is 0 Å². The fraction of sp³-hybridized carbons (Fsp3) is 0. The maximum Gasteiger partial charge on any atom is 0.159 e. The van der Waals surface area contributed by atoms with Crippen LogP contribution >= 0.6 is 0 Å². The van der Waals surface area contributed by atoms with Crippen LogP contribution in [-0.2, 0) is 0 Å². The van der Waals surface area contributed by atoms with Crippen molar-refractivity contribution < 1.29 is 4.42 Å². The van der Waals surface area contributed by atoms with E-state index in [0.29, 0.717) is 0 Å². The average molecular weight is 690 g/mol. The van der Waals surface area contributed by atoms with Gasteiger partial charge in [-0.05, 0) is 104 Å². The molecule has 2 nitrogen and oxygen atoms in total. The van der Waals surface area contributed by atoms with E-state index < -0.39 is 0 Å². The molecule has 0 spiro atoms. The molecule has 0 unspecified atom stereocenters. The minimum Gasteiger partial charge on any atom is -0.454 e. The van der Waals surface area contributed by atoms with Gasteiger partial charge in [0.15, 0.2) is 5.58 Å². The molecule has 254 valence electrons. The Labute approximate surface area is 314 Å². The first-order valence-electron chi connectivity index (χ1n) is 18.4. The Morgan fingerprint density at radius 2 is 0.796 bits per heavy atom. The van der Waals surface area contributed by atoms with Crippen molar-refractivity contribution in [3.05, 3.63) is 212 Å². The van der Waals surface area contributed by atoms with E-state index in [1.807, 2.05) is 12.1 Å². The molecule has 10 rings (SSSR count). The lowest BCUT2D eigenvalue weighted by Gasteiger charge is -2.27. The van der Waals surface area contributed by atoms with Crippen molar-refractivity contribution >= 4 is 49.8 Å². The predicted molar refractivity (Wildman–Crippen MR) is 228 cm³/mol. The van der Waals surface area contributed by atoms with E-state index in [9.17, 15) is 0 Å². The van der Waals surface area contributed by atoms with Crippen molar-refractivity contribution in [1.82, 2.24) is 0 Å². The van der Waals surface area contributed by atoms with Gasteiger partial charge in [-0.25, -0.2) is 0 Å². The van der Waals surface area contributed by atoms with Gasteiger partial charge in [-0.1, -0.05) is 164 Å². The molecule has 0 aliphatic heterocycles. The van der Waals surface area contributed by atoms with Crippen LogP contribution in [0, 0.1) is 0 Å². The van der Waals surface area contributed by atoms with Gasteiger partial charge in [-0.3, -0.25) is 0 Å². The smallest absolute Gasteiger partial charge is 0.159 e. The van der Waals surface area contributed by atoms with Crippen LogP contribution in [0.1, 0.15) is 0 Å². The summed E-state index contributed by atoms with van der Waals surface area (Å²) in [7, 11) is 0. The average Bonchev–Trinajstić information content (AvgIpc) is 3.64. The zero-order valence-corrected chi connectivity index (χ0v) is 29.6. The second kappa shape index (κ2) is 13.4. The number of anilines is 3. The number of nitrogens with zero attached hydrogens (tertiary/aromatic N) is 1. The van der Waals surface area contributed by atoms with Gasteiger partial charge >= 0.3 is 0 Å². The molecule has 10 aromatic rings. The zero-order valence-electron chi connectivity index (χ0n) is 29.6. The van der Waals surface area contributed by atoms with E-state index >= 15 is 0 Å². The number of fused-ring (bicyclic) bond motifs is 4. The summed E-state index contributed by atoms with van der Waals surface area (Å²) < 4.78 is 6.67. The van der Waals surface area contributed by atoms with E-state index in [2.05, 4.69) is 205 Å². The lowest BCUT2D eigenvalue weighted by atomic mass is 9.91. The summed E-state index contributed by atoms with van der Waals surface area (Å²) in [6.45, 7) is 0. The predicted octanol–water partition coefficient (Wildman–Crippen LogP) is 14.9. The molecule has 0 N–H and O–H groups in total. The fourth-order valence-electron chi connectivity index (χ4n) is 7.86. The van der Waals surface area contributed by atoms with Gasteiger partial charge in [0.1, 0.15) is 5.58 Å². The first-order valence-corrected chi connectivity index (χ1v) is 18.4. The first-order chi connectivity index (χ1) is 26.8. The summed E-state index contributed by atoms with van der Waals surface area (Å²) in [6, 6.07) is 75.9. The lowest BCUT2D eigenvalue weighted by molar-refractivity contribution is 0.669. The van der Waals surface area contributed by atoms with Crippen molar-refractivity contribution in [2.75, 3.05) is 4.90 Å². The highest BCUT2D eigenvalue weighted by Crippen LogP contribution is 2.45. The van der Waals surface area contributed by atoms with Crippen LogP contribution in [0.3, 0.4) is 0 Å². The van der Waals surface area contributed by atoms with Crippen LogP contribution in [0.2, 0.25) is 0 Å². The van der Waals surface area contributed by atoms with E-state index in [1.54, 1.807) is 0 Å². The highest BCUT2D eigenvalue weighted by atomic mass is 16.3. The third-order valence-electron chi connectivity index (χ3n) is 10.5. The van der Waals surface area contributed by atoms with Crippen LogP contribution in [0.15, 0.2) is 217 Å². The number of benzene rings is 9. The molecule has 1 heterocycles. The lowest BCUT2D eigenvalue weighted by Crippen LogP contribution is -2.10. The summed E-state index contributed by atoms with van der Waals surface area (Å²) in [6.07, 6.45) is 0. The van der Waals surface area contributed by atoms with Crippen LogP contribution in [0.25, 0.3) is 77.2 Å². The van der Waals surface area contributed by atoms with Gasteiger partial charge in [-0.15, -0.1) is 0 Å². The number of hydrogen-bond donors (Lipinski definition) is 0. The molecule has 0 fully saturated rings. The number of hydrogen-bond acceptors (Lipinski definition) is 2. The third kappa shape index (κ3) is 5.62. The summed E-state index contributed by atoms with van der Waals surface area (Å²) in [5.74, 6) is 0. The summed E-state index contributed by atoms with van der Waals surface area (Å²) in [5, 5.41) is 4.66. The SMILES string of the molecule is c1ccc(-c2ccc(N(c3ccc(-c4cc5ccccc5cc4-c4ccccc4)cc3)c3cccc4c3oc3ccccc34)cc2-c2ccccc2)cc1. The molecule has 54 heavy (non-hydrogen) atoms. The molecule has 0 atom stereocenters. The van der Waals surface area contributed by atoms with E-state index in [1.165, 1.54) is 49.7 Å². The minimum absolute atomic E-state index is 0.858. The topological polar surface area (TPSA) is 16.4 Å². The third-order valence-corrected chi connectivity index (χ3v) is 10.5. The Bertz CT molecular complexity index is 2910. The highest BCUT2D eigenvalue weighted by molar-refractivity contribution is 6.10. The summed E-state index contributed by atoms with van der Waals surface area (Å²) in [4.78, 5) is 2.34. The molecule has 0 radical (unpaired) electrons. The molecule has 0 aliphatic carbocycles. The van der Waals surface area contributed by atoms with Gasteiger partial charge in [0.2, 0.25) is 0 Å². The Morgan fingerprint density at radius 1 is 0.315 bits per heavy atom. The van der Waals surface area contributed by atoms with Crippen molar-refractivity contribution in [1.29, 1.82) is 0 Å². The van der Waals surface area contributed by atoms with Crippen LogP contribution in [0.4, 0.5) is 17.1 Å². The van der Waals surface area contributed by atoms with Crippen LogP contribution < -0.4 is 4.90 Å². The fourth-order valence-corrected chi connectivity index (χ4v) is 7.86. The molecule has 0 saturated carbocycles. The van der Waals surface area contributed by atoms with Gasteiger partial charge in [0, 0.05) is 22.1 Å². The van der Waals surface area contributed by atoms with E-state index in [0.717, 1.165) is 44.6 Å². The molecule has 9 aromatic carbocycles. The Hall–Kier alpha value is -7.16. The Morgan fingerprint density at radius 3 is 1.43 bits per heavy atom. The van der Waals surface area contributed by atoms with Crippen LogP contribution in [-0.4, -0.2) is 0 Å². The summed E-state index contributed by atoms with van der Waals surface area (Å²) in [5.41, 5.74) is 14.3. The van der Waals surface area contributed by atoms with Crippen molar-refractivity contribution in [3.63, 3.8) is 0 Å². The van der Waals surface area contributed by atoms with E-state index in [4.69, 9.17) is 4.42 Å². The molecular formula is C52H35NO. The second-order valence-corrected chi connectivity index (χ2v) is 13.7. The Kier molecular flexibility index (Phi) is 7.85. The van der Waals surface area contributed by atoms with Crippen molar-refractivity contribution in [2.45, 2.75) is 0 Å². The van der Waals surface area contributed by atoms with Gasteiger partial charge < -0.3 is 9.32 Å². The maximum absolute atomic E-state index is 6.67. The highest BCUT2D eigenvalue weighted by Gasteiger charge is 2.21. The number of para-hydroxylation sites is 2. The van der Waals surface area contributed by atoms with Gasteiger partial charge in [0.05, 0.1) is 5.69 Å². The first kappa shape index (κ1) is 31.6. The maximum atomic E-state index is 6.67. The van der Waals surface area contributed by atoms with Gasteiger partial charge in [0.25, 0.3) is 0 Å². The van der Waals surface area contributed by atoms with Crippen molar-refractivity contribution in [2.24, 2.45) is 0 Å². The second-order valence-electron chi connectivity index (χ2n) is 13.7. The molecule has 0 amide bonds. The molecular weight excluding hydrogens is 655 g/mol. The standard InChI is InChI=1S/C52H35NO/c1-4-15-36(16-5-1)44-32-31-43(35-49(44)38-19-8-3-9-20-38)53(50-25-14-24-46-45-23-12-13-26-51(45)54-52(46)50)42-29-27-39(28-30-42)48-34-41-22-11-10-21-40(41)33-47(48)37-17-6-2-7-18-37/h1-35H. The minimum atomic E-state index is 0.858. The normalized spacial score (nSPS) is 11.3. The molecule has 0 aliphatic rings. The quantitative estimate of drug-likeness (QED) is 0.166. The molecule has 1 aromatic heterocycles. The number of rotatable bonds is 7. The van der Waals surface area contributed by atoms with Crippen molar-refractivity contribution in [3.8, 4) is 44.5 Å². The summed E-state index contributed by atoms with van der Waals surface area (Å²) >= 11 is 0. The number of furan rings is 1. The van der Waals surface area contributed by atoms with Gasteiger partial charge in [-0.2, -0.15) is 0 Å². The largest absolute Gasteiger partial charge is 0.454 e. The monoisotopic (exact) mass is 689 g/mol. The van der Waals surface area contributed by atoms with E-state index in [-0.39, 0.29) is 0 Å². The molecule has 2 heteroatoms. The molecule has 0 saturated heterocycles. The Balaban J connectivity index is 1.18.